The van der Waals surface area contributed by atoms with Crippen molar-refractivity contribution < 1.29 is 9.53 Å². The van der Waals surface area contributed by atoms with Gasteiger partial charge in [0.1, 0.15) is 0 Å². The summed E-state index contributed by atoms with van der Waals surface area (Å²) in [4.78, 5) is 10.0. The van der Waals surface area contributed by atoms with Crippen molar-refractivity contribution >= 4 is 29.2 Å². The van der Waals surface area contributed by atoms with Gasteiger partial charge in [-0.1, -0.05) is 0 Å². The molecule has 2 nitrogen and oxygen atoms in total. The first kappa shape index (κ1) is 13.6. The number of carbonyl (C=O) groups is 1. The van der Waals surface area contributed by atoms with Crippen molar-refractivity contribution in [3.63, 3.8) is 0 Å². The molecule has 0 aromatic heterocycles. The van der Waals surface area contributed by atoms with Crippen LogP contribution < -0.4 is 0 Å². The molecule has 0 amide bonds. The number of carbonyl (C=O) groups excluding carboxylic acids is 1. The van der Waals surface area contributed by atoms with Crippen LogP contribution in [0.15, 0.2) is 0 Å². The molecule has 11 heavy (non-hydrogen) atoms. The number of esters is 1. The zero-order valence-electron chi connectivity index (χ0n) is 7.06. The summed E-state index contributed by atoms with van der Waals surface area (Å²) >= 11 is 10.1. The van der Waals surface area contributed by atoms with Crippen molar-refractivity contribution in [2.75, 3.05) is 11.8 Å². The minimum Gasteiger partial charge on any atom is -0.463 e. The van der Waals surface area contributed by atoms with Gasteiger partial charge in [0.05, 0.1) is 6.10 Å². The Bertz CT molecular complexity index is 92.4. The van der Waals surface area contributed by atoms with Gasteiger partial charge in [0, 0.05) is 18.7 Å². The zero-order chi connectivity index (χ0) is 9.28. The van der Waals surface area contributed by atoms with Crippen molar-refractivity contribution in [2.24, 2.45) is 0 Å². The van der Waals surface area contributed by atoms with Crippen LogP contribution in [-0.4, -0.2) is 23.8 Å². The van der Waals surface area contributed by atoms with E-state index in [0.29, 0.717) is 11.8 Å². The molecule has 0 N–H and O–H groups in total. The molecule has 0 unspecified atom stereocenters. The first-order chi connectivity index (χ1) is 5.04. The van der Waals surface area contributed by atoms with E-state index >= 15 is 0 Å². The molecule has 0 saturated heterocycles. The molecule has 0 aliphatic rings. The number of halogens is 2. The molecular weight excluding hydrogens is 187 g/mol. The van der Waals surface area contributed by atoms with Gasteiger partial charge < -0.3 is 4.74 Å². The van der Waals surface area contributed by atoms with Gasteiger partial charge in [0.2, 0.25) is 0 Å². The lowest BCUT2D eigenvalue weighted by Crippen LogP contribution is -2.06. The Hall–Kier alpha value is 0.0500. The standard InChI is InChI=1S/C5H10O2.C2H4Cl2/c1-4(2)7-5(3)6;3-1-2-4/h4H,1-3H3;1-2H2. The van der Waals surface area contributed by atoms with Crippen LogP contribution in [0.4, 0.5) is 0 Å². The fourth-order valence-corrected chi connectivity index (χ4v) is 0.332. The van der Waals surface area contributed by atoms with Crippen molar-refractivity contribution in [3.8, 4) is 0 Å². The molecule has 0 heterocycles. The maximum absolute atomic E-state index is 10.0. The number of ether oxygens (including phenoxy) is 1. The van der Waals surface area contributed by atoms with Crippen LogP contribution >= 0.6 is 23.2 Å². The van der Waals surface area contributed by atoms with E-state index in [1.165, 1.54) is 6.92 Å². The summed E-state index contributed by atoms with van der Waals surface area (Å²) in [5.41, 5.74) is 0. The third-order valence-electron chi connectivity index (χ3n) is 0.473. The molecule has 0 aromatic carbocycles. The summed E-state index contributed by atoms with van der Waals surface area (Å²) < 4.78 is 4.61. The smallest absolute Gasteiger partial charge is 0.302 e. The third-order valence-corrected chi connectivity index (χ3v) is 1.04. The van der Waals surface area contributed by atoms with E-state index < -0.39 is 0 Å². The molecule has 0 fully saturated rings. The van der Waals surface area contributed by atoms with Crippen LogP contribution in [0.25, 0.3) is 0 Å². The van der Waals surface area contributed by atoms with Crippen LogP contribution in [0.1, 0.15) is 20.8 Å². The largest absolute Gasteiger partial charge is 0.463 e. The Morgan fingerprint density at radius 1 is 1.36 bits per heavy atom. The quantitative estimate of drug-likeness (QED) is 0.506. The van der Waals surface area contributed by atoms with Crippen LogP contribution in [0.3, 0.4) is 0 Å². The fourth-order valence-electron chi connectivity index (χ4n) is 0.332. The van der Waals surface area contributed by atoms with E-state index in [0.717, 1.165) is 0 Å². The Morgan fingerprint density at radius 2 is 1.73 bits per heavy atom. The first-order valence-electron chi connectivity index (χ1n) is 3.33. The third kappa shape index (κ3) is 25.5. The second-order valence-electron chi connectivity index (χ2n) is 2.04. The monoisotopic (exact) mass is 200 g/mol. The lowest BCUT2D eigenvalue weighted by Gasteiger charge is -2.01. The van der Waals surface area contributed by atoms with Gasteiger partial charge in [0.15, 0.2) is 0 Å². The van der Waals surface area contributed by atoms with Gasteiger partial charge in [0.25, 0.3) is 0 Å². The molecule has 0 bridgehead atoms. The maximum atomic E-state index is 10.0. The summed E-state index contributed by atoms with van der Waals surface area (Å²) in [6, 6.07) is 0. The number of hydrogen-bond donors (Lipinski definition) is 0. The second kappa shape index (κ2) is 10.0. The fraction of sp³-hybridized carbons (Fsp3) is 0.857. The molecular formula is C7H14Cl2O2. The van der Waals surface area contributed by atoms with Crippen molar-refractivity contribution in [2.45, 2.75) is 26.9 Å². The molecule has 0 saturated carbocycles. The topological polar surface area (TPSA) is 26.3 Å². The molecule has 0 radical (unpaired) electrons. The average Bonchev–Trinajstić information content (AvgIpc) is 1.85. The van der Waals surface area contributed by atoms with Gasteiger partial charge in [-0.2, -0.15) is 0 Å². The highest BCUT2D eigenvalue weighted by Gasteiger charge is 1.93. The molecule has 0 rings (SSSR count). The highest BCUT2D eigenvalue weighted by molar-refractivity contribution is 6.25. The first-order valence-corrected chi connectivity index (χ1v) is 4.40. The molecule has 0 spiro atoms. The lowest BCUT2D eigenvalue weighted by molar-refractivity contribution is -0.144. The van der Waals surface area contributed by atoms with Gasteiger partial charge >= 0.3 is 5.97 Å². The second-order valence-corrected chi connectivity index (χ2v) is 2.79. The van der Waals surface area contributed by atoms with Crippen LogP contribution in [-0.2, 0) is 9.53 Å². The van der Waals surface area contributed by atoms with Crippen LogP contribution in [0.2, 0.25) is 0 Å². The summed E-state index contributed by atoms with van der Waals surface area (Å²) in [5, 5.41) is 0. The predicted molar refractivity (Wildman–Crippen MR) is 48.3 cm³/mol. The summed E-state index contributed by atoms with van der Waals surface area (Å²) in [6.07, 6.45) is 0.0255. The molecule has 0 aliphatic heterocycles. The van der Waals surface area contributed by atoms with Gasteiger partial charge in [-0.15, -0.1) is 23.2 Å². The number of hydrogen-bond acceptors (Lipinski definition) is 2. The molecule has 0 aliphatic carbocycles. The summed E-state index contributed by atoms with van der Waals surface area (Å²) in [5.74, 6) is 0.901. The minimum absolute atomic E-state index is 0.0255. The Labute approximate surface area is 77.8 Å². The molecule has 0 aromatic rings. The Balaban J connectivity index is 0. The van der Waals surface area contributed by atoms with E-state index in [1.807, 2.05) is 13.8 Å². The van der Waals surface area contributed by atoms with Crippen LogP contribution in [0, 0.1) is 0 Å². The molecule has 68 valence electrons. The predicted octanol–water partition coefficient (Wildman–Crippen LogP) is 2.42. The normalized spacial score (nSPS) is 8.55. The average molecular weight is 201 g/mol. The van der Waals surface area contributed by atoms with E-state index in [4.69, 9.17) is 23.2 Å². The van der Waals surface area contributed by atoms with Crippen molar-refractivity contribution in [1.82, 2.24) is 0 Å². The Morgan fingerprint density at radius 3 is 1.73 bits per heavy atom. The highest BCUT2D eigenvalue weighted by Crippen LogP contribution is 1.85. The van der Waals surface area contributed by atoms with Crippen molar-refractivity contribution in [1.29, 1.82) is 0 Å². The lowest BCUT2D eigenvalue weighted by atomic mass is 10.5. The minimum atomic E-state index is -0.213. The van der Waals surface area contributed by atoms with Gasteiger partial charge in [-0.05, 0) is 13.8 Å². The van der Waals surface area contributed by atoms with Gasteiger partial charge in [-0.25, -0.2) is 0 Å². The van der Waals surface area contributed by atoms with E-state index in [1.54, 1.807) is 0 Å². The van der Waals surface area contributed by atoms with Crippen LogP contribution in [0.5, 0.6) is 0 Å². The van der Waals surface area contributed by atoms with Crippen molar-refractivity contribution in [3.05, 3.63) is 0 Å². The van der Waals surface area contributed by atoms with E-state index in [-0.39, 0.29) is 12.1 Å². The summed E-state index contributed by atoms with van der Waals surface area (Å²) in [7, 11) is 0. The highest BCUT2D eigenvalue weighted by atomic mass is 35.5. The van der Waals surface area contributed by atoms with Gasteiger partial charge in [-0.3, -0.25) is 4.79 Å². The maximum Gasteiger partial charge on any atom is 0.302 e. The van der Waals surface area contributed by atoms with E-state index in [9.17, 15) is 4.79 Å². The Kier molecular flexibility index (Phi) is 12.5. The SMILES string of the molecule is CC(=O)OC(C)C.ClCCCl. The molecule has 4 heteroatoms. The van der Waals surface area contributed by atoms with E-state index in [2.05, 4.69) is 4.74 Å². The summed E-state index contributed by atoms with van der Waals surface area (Å²) in [6.45, 7) is 5.04. The zero-order valence-corrected chi connectivity index (χ0v) is 8.58. The number of alkyl halides is 2. The molecule has 0 atom stereocenters. The number of rotatable bonds is 2.